The van der Waals surface area contributed by atoms with E-state index in [1.165, 1.54) is 0 Å². The van der Waals surface area contributed by atoms with Crippen LogP contribution in [0.25, 0.3) is 33.4 Å². The van der Waals surface area contributed by atoms with Gasteiger partial charge in [0.1, 0.15) is 16.9 Å². The Hall–Kier alpha value is -4.04. The quantitative estimate of drug-likeness (QED) is 0.338. The van der Waals surface area contributed by atoms with Crippen LogP contribution in [0.5, 0.6) is 0 Å². The number of ether oxygens (including phenoxy) is 1. The number of carbonyl (C=O) groups excluding carboxylic acids is 1. The minimum Gasteiger partial charge on any atom is -0.455 e. The predicted molar refractivity (Wildman–Crippen MR) is 137 cm³/mol. The van der Waals surface area contributed by atoms with Crippen molar-refractivity contribution in [2.45, 2.75) is 51.2 Å². The van der Waals surface area contributed by atoms with Crippen LogP contribution in [0.1, 0.15) is 51.2 Å². The number of amides is 1. The lowest BCUT2D eigenvalue weighted by Gasteiger charge is -2.43. The molecule has 0 bridgehead atoms. The van der Waals surface area contributed by atoms with Crippen LogP contribution in [0.2, 0.25) is 0 Å². The molecular formula is C30H28N2O3. The first-order valence-corrected chi connectivity index (χ1v) is 11.9. The Bertz CT molecular complexity index is 1420. The van der Waals surface area contributed by atoms with Crippen molar-refractivity contribution in [3.05, 3.63) is 83.9 Å². The molecular weight excluding hydrogens is 436 g/mol. The summed E-state index contributed by atoms with van der Waals surface area (Å²) in [5.74, 6) is 0.760. The summed E-state index contributed by atoms with van der Waals surface area (Å²) in [6.07, 6.45) is 2.42. The number of rotatable bonds is 4. The van der Waals surface area contributed by atoms with Crippen LogP contribution in [0, 0.1) is 11.3 Å². The number of fused-ring (bicyclic) bond motifs is 1. The molecule has 5 nitrogen and oxygen atoms in total. The van der Waals surface area contributed by atoms with Gasteiger partial charge >= 0.3 is 6.09 Å². The second kappa shape index (κ2) is 8.63. The summed E-state index contributed by atoms with van der Waals surface area (Å²) >= 11 is 0. The largest absolute Gasteiger partial charge is 0.455 e. The first-order chi connectivity index (χ1) is 16.8. The third-order valence-electron chi connectivity index (χ3n) is 6.53. The fourth-order valence-electron chi connectivity index (χ4n) is 4.72. The van der Waals surface area contributed by atoms with Crippen LogP contribution >= 0.6 is 0 Å². The smallest absolute Gasteiger partial charge is 0.408 e. The fourth-order valence-corrected chi connectivity index (χ4v) is 4.72. The van der Waals surface area contributed by atoms with Crippen molar-refractivity contribution in [2.24, 2.45) is 0 Å². The summed E-state index contributed by atoms with van der Waals surface area (Å²) in [5.41, 5.74) is 4.35. The van der Waals surface area contributed by atoms with E-state index in [0.29, 0.717) is 11.1 Å². The van der Waals surface area contributed by atoms with Gasteiger partial charge < -0.3 is 14.5 Å². The first kappa shape index (κ1) is 22.7. The molecule has 1 aromatic heterocycles. The summed E-state index contributed by atoms with van der Waals surface area (Å²) in [6, 6.07) is 26.1. The van der Waals surface area contributed by atoms with E-state index in [0.717, 1.165) is 52.7 Å². The van der Waals surface area contributed by atoms with Crippen molar-refractivity contribution in [1.82, 2.24) is 5.32 Å². The van der Waals surface area contributed by atoms with Crippen LogP contribution in [-0.2, 0) is 10.3 Å². The molecule has 176 valence electrons. The summed E-state index contributed by atoms with van der Waals surface area (Å²) in [4.78, 5) is 12.5. The maximum atomic E-state index is 12.5. The van der Waals surface area contributed by atoms with Crippen molar-refractivity contribution in [3.63, 3.8) is 0 Å². The Morgan fingerprint density at radius 1 is 1.00 bits per heavy atom. The number of carbonyl (C=O) groups is 1. The van der Waals surface area contributed by atoms with Crippen molar-refractivity contribution < 1.29 is 13.9 Å². The molecule has 0 spiro atoms. The number of nitrogens with zero attached hydrogens (tertiary/aromatic N) is 1. The summed E-state index contributed by atoms with van der Waals surface area (Å²) in [6.45, 7) is 5.60. The van der Waals surface area contributed by atoms with Gasteiger partial charge in [0.25, 0.3) is 0 Å². The molecule has 0 radical (unpaired) electrons. The fraction of sp³-hybridized carbons (Fsp3) is 0.267. The number of benzene rings is 3. The summed E-state index contributed by atoms with van der Waals surface area (Å²) < 4.78 is 11.8. The number of alkyl carbamates (subject to hydrolysis) is 1. The van der Waals surface area contributed by atoms with E-state index in [2.05, 4.69) is 35.7 Å². The number of hydrogen-bond donors (Lipinski definition) is 1. The summed E-state index contributed by atoms with van der Waals surface area (Å²) in [5, 5.41) is 13.4. The van der Waals surface area contributed by atoms with Gasteiger partial charge in [-0.25, -0.2) is 4.79 Å². The highest BCUT2D eigenvalue weighted by molar-refractivity contribution is 6.02. The Labute approximate surface area is 205 Å². The van der Waals surface area contributed by atoms with Gasteiger partial charge in [-0.3, -0.25) is 0 Å². The van der Waals surface area contributed by atoms with E-state index in [9.17, 15) is 10.1 Å². The van der Waals surface area contributed by atoms with Crippen LogP contribution in [-0.4, -0.2) is 11.7 Å². The molecule has 1 aliphatic carbocycles. The Kier molecular flexibility index (Phi) is 5.61. The average Bonchev–Trinajstić information content (AvgIpc) is 3.19. The van der Waals surface area contributed by atoms with Crippen molar-refractivity contribution >= 4 is 17.1 Å². The monoisotopic (exact) mass is 464 g/mol. The van der Waals surface area contributed by atoms with E-state index >= 15 is 0 Å². The Balaban J connectivity index is 1.53. The molecule has 5 heteroatoms. The lowest BCUT2D eigenvalue weighted by molar-refractivity contribution is 0.0377. The van der Waals surface area contributed by atoms with Gasteiger partial charge in [-0.1, -0.05) is 54.6 Å². The van der Waals surface area contributed by atoms with Gasteiger partial charge in [0.15, 0.2) is 0 Å². The first-order valence-electron chi connectivity index (χ1n) is 11.9. The predicted octanol–water partition coefficient (Wildman–Crippen LogP) is 7.54. The molecule has 1 N–H and O–H groups in total. The number of hydrogen-bond acceptors (Lipinski definition) is 4. The van der Waals surface area contributed by atoms with Gasteiger partial charge in [-0.05, 0) is 69.4 Å². The van der Waals surface area contributed by atoms with E-state index < -0.39 is 17.2 Å². The second-order valence-electron chi connectivity index (χ2n) is 10.1. The molecule has 1 amide bonds. The zero-order chi connectivity index (χ0) is 24.6. The lowest BCUT2D eigenvalue weighted by atomic mass is 9.71. The van der Waals surface area contributed by atoms with E-state index in [1.54, 1.807) is 6.07 Å². The molecule has 0 unspecified atom stereocenters. The van der Waals surface area contributed by atoms with Gasteiger partial charge in [0.2, 0.25) is 0 Å². The number of furan rings is 1. The highest BCUT2D eigenvalue weighted by Crippen LogP contribution is 2.44. The molecule has 0 aliphatic heterocycles. The Morgan fingerprint density at radius 3 is 2.31 bits per heavy atom. The highest BCUT2D eigenvalue weighted by atomic mass is 16.6. The minimum atomic E-state index is -0.542. The van der Waals surface area contributed by atoms with Crippen LogP contribution in [0.15, 0.2) is 77.2 Å². The molecule has 5 rings (SSSR count). The zero-order valence-corrected chi connectivity index (χ0v) is 20.2. The van der Waals surface area contributed by atoms with Gasteiger partial charge in [-0.2, -0.15) is 5.26 Å². The maximum absolute atomic E-state index is 12.5. The molecule has 1 heterocycles. The van der Waals surface area contributed by atoms with Crippen molar-refractivity contribution in [2.75, 3.05) is 0 Å². The number of nitrogens with one attached hydrogen (secondary N) is 1. The molecule has 4 aromatic rings. The summed E-state index contributed by atoms with van der Waals surface area (Å²) in [7, 11) is 0. The molecule has 1 fully saturated rings. The average molecular weight is 465 g/mol. The SMILES string of the molecule is CC(C)(C)OC(=O)NC1(c2ccc(-c3oc4cc(C#N)ccc4c3-c3ccccc3)cc2)CCC1. The highest BCUT2D eigenvalue weighted by Gasteiger charge is 2.41. The molecule has 0 atom stereocenters. The zero-order valence-electron chi connectivity index (χ0n) is 20.2. The minimum absolute atomic E-state index is 0.391. The molecule has 0 saturated heterocycles. The standard InChI is InChI=1S/C30H28N2O3/c1-29(2,3)35-28(33)32-30(16-7-17-30)23-13-11-22(12-14-23)27-26(21-8-5-4-6-9-21)24-15-10-20(19-31)18-25(24)34-27/h4-6,8-15,18H,7,16-17H2,1-3H3,(H,32,33). The van der Waals surface area contributed by atoms with E-state index in [1.807, 2.05) is 63.2 Å². The van der Waals surface area contributed by atoms with E-state index in [-0.39, 0.29) is 0 Å². The topological polar surface area (TPSA) is 75.3 Å². The maximum Gasteiger partial charge on any atom is 0.408 e. The normalized spacial score (nSPS) is 14.7. The van der Waals surface area contributed by atoms with E-state index in [4.69, 9.17) is 9.15 Å². The van der Waals surface area contributed by atoms with Gasteiger partial charge in [0, 0.05) is 16.5 Å². The van der Waals surface area contributed by atoms with Crippen LogP contribution in [0.4, 0.5) is 4.79 Å². The Morgan fingerprint density at radius 2 is 1.71 bits per heavy atom. The van der Waals surface area contributed by atoms with Crippen molar-refractivity contribution in [3.8, 4) is 28.5 Å². The van der Waals surface area contributed by atoms with Crippen LogP contribution in [0.3, 0.4) is 0 Å². The van der Waals surface area contributed by atoms with Crippen LogP contribution < -0.4 is 5.32 Å². The second-order valence-corrected chi connectivity index (χ2v) is 10.1. The molecule has 35 heavy (non-hydrogen) atoms. The van der Waals surface area contributed by atoms with Crippen molar-refractivity contribution in [1.29, 1.82) is 5.26 Å². The molecule has 3 aromatic carbocycles. The lowest BCUT2D eigenvalue weighted by Crippen LogP contribution is -2.52. The van der Waals surface area contributed by atoms with Gasteiger partial charge in [0.05, 0.1) is 17.2 Å². The molecule has 1 aliphatic rings. The van der Waals surface area contributed by atoms with Gasteiger partial charge in [-0.15, -0.1) is 0 Å². The number of nitriles is 1. The molecule has 1 saturated carbocycles. The third kappa shape index (κ3) is 4.40. The third-order valence-corrected chi connectivity index (χ3v) is 6.53.